The molecule has 0 saturated carbocycles. The van der Waals surface area contributed by atoms with Crippen LogP contribution in [0.1, 0.15) is 58.8 Å². The zero-order valence-electron chi connectivity index (χ0n) is 10.4. The highest BCUT2D eigenvalue weighted by atomic mass is 16.8. The SMILES string of the molecule is C=C1OC(=O)OC1(C)CCCCCCCC. The fourth-order valence-electron chi connectivity index (χ4n) is 1.90. The van der Waals surface area contributed by atoms with Gasteiger partial charge >= 0.3 is 6.16 Å². The molecule has 1 aliphatic rings. The molecule has 0 spiro atoms. The summed E-state index contributed by atoms with van der Waals surface area (Å²) in [7, 11) is 0. The lowest BCUT2D eigenvalue weighted by molar-refractivity contribution is 0.0698. The lowest BCUT2D eigenvalue weighted by Gasteiger charge is -2.19. The molecule has 0 aromatic carbocycles. The van der Waals surface area contributed by atoms with E-state index >= 15 is 0 Å². The van der Waals surface area contributed by atoms with Gasteiger partial charge in [-0.05, 0) is 19.8 Å². The van der Waals surface area contributed by atoms with Gasteiger partial charge in [0, 0.05) is 0 Å². The Morgan fingerprint density at radius 3 is 2.38 bits per heavy atom. The fourth-order valence-corrected chi connectivity index (χ4v) is 1.90. The van der Waals surface area contributed by atoms with Gasteiger partial charge in [-0.3, -0.25) is 0 Å². The van der Waals surface area contributed by atoms with Crippen LogP contribution in [-0.2, 0) is 9.47 Å². The van der Waals surface area contributed by atoms with E-state index < -0.39 is 11.8 Å². The van der Waals surface area contributed by atoms with Crippen LogP contribution in [0.2, 0.25) is 0 Å². The van der Waals surface area contributed by atoms with E-state index in [9.17, 15) is 4.79 Å². The second-order valence-corrected chi connectivity index (χ2v) is 4.63. The van der Waals surface area contributed by atoms with Crippen molar-refractivity contribution in [3.05, 3.63) is 12.3 Å². The van der Waals surface area contributed by atoms with Crippen LogP contribution in [-0.4, -0.2) is 11.8 Å². The van der Waals surface area contributed by atoms with Crippen LogP contribution in [0.15, 0.2) is 12.3 Å². The summed E-state index contributed by atoms with van der Waals surface area (Å²) in [6.07, 6.45) is 7.55. The van der Waals surface area contributed by atoms with Crippen molar-refractivity contribution in [3.8, 4) is 0 Å². The van der Waals surface area contributed by atoms with Gasteiger partial charge in [-0.2, -0.15) is 0 Å². The topological polar surface area (TPSA) is 35.5 Å². The normalized spacial score (nSPS) is 24.4. The van der Waals surface area contributed by atoms with Crippen LogP contribution in [0.4, 0.5) is 4.79 Å². The number of unbranched alkanes of at least 4 members (excludes halogenated alkanes) is 5. The van der Waals surface area contributed by atoms with Crippen LogP contribution in [0.25, 0.3) is 0 Å². The summed E-state index contributed by atoms with van der Waals surface area (Å²) in [5.74, 6) is 0.450. The first-order chi connectivity index (χ1) is 7.58. The maximum atomic E-state index is 10.9. The van der Waals surface area contributed by atoms with E-state index in [1.165, 1.54) is 32.1 Å². The summed E-state index contributed by atoms with van der Waals surface area (Å²) in [4.78, 5) is 10.9. The molecule has 0 N–H and O–H groups in total. The van der Waals surface area contributed by atoms with Gasteiger partial charge in [-0.1, -0.05) is 45.6 Å². The molecule has 1 rings (SSSR count). The summed E-state index contributed by atoms with van der Waals surface area (Å²) in [5.41, 5.74) is -0.595. The van der Waals surface area contributed by atoms with E-state index in [1.807, 2.05) is 6.92 Å². The Labute approximate surface area is 97.8 Å². The molecule has 0 aromatic heterocycles. The Kier molecular flexibility index (Phi) is 4.84. The smallest absolute Gasteiger partial charge is 0.419 e. The molecule has 0 aliphatic carbocycles. The molecule has 1 unspecified atom stereocenters. The van der Waals surface area contributed by atoms with E-state index in [1.54, 1.807) is 0 Å². The molecule has 0 radical (unpaired) electrons. The second kappa shape index (κ2) is 5.92. The Hall–Kier alpha value is -0.990. The maximum Gasteiger partial charge on any atom is 0.514 e. The van der Waals surface area contributed by atoms with Gasteiger partial charge in [0.25, 0.3) is 0 Å². The summed E-state index contributed by atoms with van der Waals surface area (Å²) in [5, 5.41) is 0. The molecule has 1 fully saturated rings. The van der Waals surface area contributed by atoms with Gasteiger partial charge in [0.15, 0.2) is 5.60 Å². The van der Waals surface area contributed by atoms with Crippen molar-refractivity contribution in [1.82, 2.24) is 0 Å². The number of carbonyl (C=O) groups is 1. The van der Waals surface area contributed by atoms with E-state index in [0.717, 1.165) is 12.8 Å². The monoisotopic (exact) mass is 226 g/mol. The molecule has 3 heteroatoms. The quantitative estimate of drug-likeness (QED) is 0.482. The molecule has 1 saturated heterocycles. The van der Waals surface area contributed by atoms with Crippen molar-refractivity contribution in [2.75, 3.05) is 0 Å². The van der Waals surface area contributed by atoms with Crippen molar-refractivity contribution < 1.29 is 14.3 Å². The van der Waals surface area contributed by atoms with E-state index in [2.05, 4.69) is 13.5 Å². The summed E-state index contributed by atoms with van der Waals surface area (Å²) in [6, 6.07) is 0. The van der Waals surface area contributed by atoms with E-state index in [-0.39, 0.29) is 0 Å². The predicted molar refractivity (Wildman–Crippen MR) is 63.1 cm³/mol. The van der Waals surface area contributed by atoms with Crippen LogP contribution >= 0.6 is 0 Å². The second-order valence-electron chi connectivity index (χ2n) is 4.63. The molecular weight excluding hydrogens is 204 g/mol. The third-order valence-electron chi connectivity index (χ3n) is 3.11. The number of rotatable bonds is 7. The lowest BCUT2D eigenvalue weighted by atomic mass is 9.96. The molecule has 1 aliphatic heterocycles. The molecule has 0 bridgehead atoms. The Morgan fingerprint density at radius 2 is 1.81 bits per heavy atom. The first-order valence-corrected chi connectivity index (χ1v) is 6.18. The largest absolute Gasteiger partial charge is 0.514 e. The molecule has 92 valence electrons. The summed E-state index contributed by atoms with van der Waals surface area (Å²) >= 11 is 0. The molecule has 16 heavy (non-hydrogen) atoms. The number of hydrogen-bond donors (Lipinski definition) is 0. The molecule has 1 atom stereocenters. The average Bonchev–Trinajstić information content (AvgIpc) is 2.47. The van der Waals surface area contributed by atoms with Crippen LogP contribution in [0.3, 0.4) is 0 Å². The van der Waals surface area contributed by atoms with Gasteiger partial charge in [-0.15, -0.1) is 0 Å². The summed E-state index contributed by atoms with van der Waals surface area (Å²) < 4.78 is 9.94. The highest BCUT2D eigenvalue weighted by molar-refractivity contribution is 5.66. The highest BCUT2D eigenvalue weighted by Gasteiger charge is 2.41. The van der Waals surface area contributed by atoms with Crippen molar-refractivity contribution in [1.29, 1.82) is 0 Å². The molecule has 3 nitrogen and oxygen atoms in total. The minimum Gasteiger partial charge on any atom is -0.419 e. The zero-order chi connectivity index (χ0) is 12.0. The average molecular weight is 226 g/mol. The predicted octanol–water partition coefficient (Wildman–Crippen LogP) is 4.18. The number of ether oxygens (including phenoxy) is 2. The van der Waals surface area contributed by atoms with Crippen LogP contribution < -0.4 is 0 Å². The van der Waals surface area contributed by atoms with E-state index in [0.29, 0.717) is 5.76 Å². The Balaban J connectivity index is 2.17. The maximum absolute atomic E-state index is 10.9. The van der Waals surface area contributed by atoms with Gasteiger partial charge in [0.2, 0.25) is 0 Å². The number of carbonyl (C=O) groups excluding carboxylic acids is 1. The third kappa shape index (κ3) is 3.54. The number of cyclic esters (lactones) is 2. The van der Waals surface area contributed by atoms with Crippen LogP contribution in [0, 0.1) is 0 Å². The first kappa shape index (κ1) is 13.1. The molecular formula is C13H22O3. The molecule has 0 aromatic rings. The van der Waals surface area contributed by atoms with Crippen molar-refractivity contribution in [2.24, 2.45) is 0 Å². The molecule has 0 amide bonds. The van der Waals surface area contributed by atoms with Gasteiger partial charge in [0.05, 0.1) is 0 Å². The minimum absolute atomic E-state index is 0.450. The lowest BCUT2D eigenvalue weighted by Crippen LogP contribution is -2.25. The Bertz CT molecular complexity index is 260. The summed E-state index contributed by atoms with van der Waals surface area (Å²) in [6.45, 7) is 7.79. The highest BCUT2D eigenvalue weighted by Crippen LogP contribution is 2.33. The minimum atomic E-state index is -0.613. The van der Waals surface area contributed by atoms with Crippen LogP contribution in [0.5, 0.6) is 0 Å². The van der Waals surface area contributed by atoms with Crippen molar-refractivity contribution >= 4 is 6.16 Å². The standard InChI is InChI=1S/C13H22O3/c1-4-5-6-7-8-9-10-13(3)11(2)15-12(14)16-13/h2,4-10H2,1,3H3. The zero-order valence-corrected chi connectivity index (χ0v) is 10.4. The van der Waals surface area contributed by atoms with Gasteiger partial charge in [0.1, 0.15) is 5.76 Å². The van der Waals surface area contributed by atoms with Gasteiger partial charge in [-0.25, -0.2) is 4.79 Å². The third-order valence-corrected chi connectivity index (χ3v) is 3.11. The fraction of sp³-hybridized carbons (Fsp3) is 0.769. The van der Waals surface area contributed by atoms with Crippen molar-refractivity contribution in [2.45, 2.75) is 64.4 Å². The van der Waals surface area contributed by atoms with Crippen molar-refractivity contribution in [3.63, 3.8) is 0 Å². The van der Waals surface area contributed by atoms with Gasteiger partial charge < -0.3 is 9.47 Å². The number of hydrogen-bond acceptors (Lipinski definition) is 3. The Morgan fingerprint density at radius 1 is 1.19 bits per heavy atom. The first-order valence-electron chi connectivity index (χ1n) is 6.18. The molecule has 1 heterocycles. The van der Waals surface area contributed by atoms with E-state index in [4.69, 9.17) is 9.47 Å².